The van der Waals surface area contributed by atoms with E-state index in [9.17, 15) is 0 Å². The zero-order valence-electron chi connectivity index (χ0n) is 13.4. The molecule has 0 spiro atoms. The van der Waals surface area contributed by atoms with E-state index in [2.05, 4.69) is 37.3 Å². The van der Waals surface area contributed by atoms with E-state index in [1.807, 2.05) is 6.08 Å². The molecule has 0 heterocycles. The van der Waals surface area contributed by atoms with Gasteiger partial charge in [0.05, 0.1) is 0 Å². The third-order valence-electron chi connectivity index (χ3n) is 3.31. The summed E-state index contributed by atoms with van der Waals surface area (Å²) in [5, 5.41) is 8.60. The molecule has 1 nitrogen and oxygen atoms in total. The summed E-state index contributed by atoms with van der Waals surface area (Å²) in [4.78, 5) is 0. The van der Waals surface area contributed by atoms with Gasteiger partial charge in [-0.15, -0.1) is 0 Å². The molecule has 0 aromatic carbocycles. The maximum Gasteiger partial charge on any atom is 0.0465 e. The van der Waals surface area contributed by atoms with Crippen molar-refractivity contribution in [1.82, 2.24) is 0 Å². The summed E-state index contributed by atoms with van der Waals surface area (Å²) in [7, 11) is 0. The monoisotopic (exact) mass is 278 g/mol. The van der Waals surface area contributed by atoms with Crippen LogP contribution in [0.3, 0.4) is 0 Å². The van der Waals surface area contributed by atoms with Crippen molar-refractivity contribution >= 4 is 0 Å². The second-order valence-electron chi connectivity index (χ2n) is 5.31. The van der Waals surface area contributed by atoms with E-state index < -0.39 is 0 Å². The fourth-order valence-corrected chi connectivity index (χ4v) is 2.07. The fourth-order valence-electron chi connectivity index (χ4n) is 2.07. The van der Waals surface area contributed by atoms with Crippen LogP contribution in [0.15, 0.2) is 36.5 Å². The van der Waals surface area contributed by atoms with E-state index in [0.29, 0.717) is 0 Å². The first-order chi connectivity index (χ1) is 9.91. The van der Waals surface area contributed by atoms with Gasteiger partial charge in [0.2, 0.25) is 0 Å². The number of hydrogen-bond donors (Lipinski definition) is 1. The lowest BCUT2D eigenvalue weighted by molar-refractivity contribution is 0.302. The van der Waals surface area contributed by atoms with Crippen LogP contribution in [0.1, 0.15) is 77.6 Å². The van der Waals surface area contributed by atoms with Crippen molar-refractivity contribution < 1.29 is 5.11 Å². The summed E-state index contributed by atoms with van der Waals surface area (Å²) in [6.07, 6.45) is 26.9. The summed E-state index contributed by atoms with van der Waals surface area (Å²) in [5.74, 6) is 0. The molecule has 0 bridgehead atoms. The van der Waals surface area contributed by atoms with Crippen LogP contribution in [0.25, 0.3) is 0 Å². The lowest BCUT2D eigenvalue weighted by Crippen LogP contribution is -1.78. The lowest BCUT2D eigenvalue weighted by atomic mass is 10.1. The van der Waals surface area contributed by atoms with E-state index in [1.165, 1.54) is 51.4 Å². The summed E-state index contributed by atoms with van der Waals surface area (Å²) in [6.45, 7) is 2.52. The number of allylic oxidation sites excluding steroid dienone is 5. The Kier molecular flexibility index (Phi) is 17.4. The first-order valence-electron chi connectivity index (χ1n) is 8.47. The molecule has 0 saturated carbocycles. The molecule has 0 rings (SSSR count). The van der Waals surface area contributed by atoms with E-state index >= 15 is 0 Å². The number of aliphatic hydroxyl groups excluding tert-OH is 1. The molecule has 20 heavy (non-hydrogen) atoms. The highest BCUT2D eigenvalue weighted by Gasteiger charge is 1.88. The van der Waals surface area contributed by atoms with Crippen molar-refractivity contribution in [2.24, 2.45) is 0 Å². The molecular formula is C19H34O. The van der Waals surface area contributed by atoms with Crippen LogP contribution in [0.4, 0.5) is 0 Å². The molecule has 0 aromatic heterocycles. The molecular weight excluding hydrogens is 244 g/mol. The second kappa shape index (κ2) is 18.2. The van der Waals surface area contributed by atoms with Gasteiger partial charge in [-0.2, -0.15) is 0 Å². The maximum absolute atomic E-state index is 8.60. The van der Waals surface area contributed by atoms with Crippen molar-refractivity contribution in [3.8, 4) is 0 Å². The smallest absolute Gasteiger partial charge is 0.0465 e. The Morgan fingerprint density at radius 3 is 1.70 bits per heavy atom. The zero-order valence-corrected chi connectivity index (χ0v) is 13.4. The predicted octanol–water partition coefficient (Wildman–Crippen LogP) is 5.96. The second-order valence-corrected chi connectivity index (χ2v) is 5.31. The van der Waals surface area contributed by atoms with Gasteiger partial charge in [0.1, 0.15) is 0 Å². The molecule has 0 saturated heterocycles. The summed E-state index contributed by atoms with van der Waals surface area (Å²) >= 11 is 0. The van der Waals surface area contributed by atoms with E-state index in [4.69, 9.17) is 5.11 Å². The van der Waals surface area contributed by atoms with E-state index in [-0.39, 0.29) is 6.61 Å². The average Bonchev–Trinajstić information content (AvgIpc) is 2.47. The molecule has 0 aliphatic carbocycles. The highest BCUT2D eigenvalue weighted by atomic mass is 16.2. The third kappa shape index (κ3) is 17.2. The third-order valence-corrected chi connectivity index (χ3v) is 3.31. The quantitative estimate of drug-likeness (QED) is 0.307. The van der Waals surface area contributed by atoms with Crippen molar-refractivity contribution in [2.75, 3.05) is 6.61 Å². The number of unbranched alkanes of at least 4 members (excludes halogenated alkanes) is 7. The lowest BCUT2D eigenvalue weighted by Gasteiger charge is -1.98. The standard InChI is InChI=1S/C19H34O/c1-2-3-4-5-6-7-8-9-10-11-12-13-14-15-16-17-18-19-20/h10-11,13-14,16-17,20H,2-9,12,15,18-19H2,1H3. The Hall–Kier alpha value is -0.820. The van der Waals surface area contributed by atoms with Crippen LogP contribution >= 0.6 is 0 Å². The maximum atomic E-state index is 8.60. The first-order valence-corrected chi connectivity index (χ1v) is 8.47. The molecule has 116 valence electrons. The van der Waals surface area contributed by atoms with Gasteiger partial charge < -0.3 is 5.11 Å². The summed E-state index contributed by atoms with van der Waals surface area (Å²) < 4.78 is 0. The van der Waals surface area contributed by atoms with Crippen LogP contribution in [-0.2, 0) is 0 Å². The molecule has 0 unspecified atom stereocenters. The molecule has 0 amide bonds. The number of aliphatic hydroxyl groups is 1. The van der Waals surface area contributed by atoms with Gasteiger partial charge in [-0.25, -0.2) is 0 Å². The molecule has 0 aliphatic rings. The van der Waals surface area contributed by atoms with Crippen LogP contribution in [0.2, 0.25) is 0 Å². The van der Waals surface area contributed by atoms with Gasteiger partial charge in [0, 0.05) is 6.61 Å². The minimum absolute atomic E-state index is 0.252. The van der Waals surface area contributed by atoms with Crippen molar-refractivity contribution in [3.05, 3.63) is 36.5 Å². The fraction of sp³-hybridized carbons (Fsp3) is 0.684. The minimum Gasteiger partial charge on any atom is -0.396 e. The van der Waals surface area contributed by atoms with Gasteiger partial charge in [0.25, 0.3) is 0 Å². The number of rotatable bonds is 14. The zero-order chi connectivity index (χ0) is 14.7. The Morgan fingerprint density at radius 1 is 0.600 bits per heavy atom. The van der Waals surface area contributed by atoms with Crippen LogP contribution in [0, 0.1) is 0 Å². The largest absolute Gasteiger partial charge is 0.396 e. The van der Waals surface area contributed by atoms with Gasteiger partial charge in [-0.1, -0.05) is 81.9 Å². The highest BCUT2D eigenvalue weighted by molar-refractivity contribution is 4.97. The Labute approximate surface area is 126 Å². The SMILES string of the molecule is CCCCCCCCCC=CCC=CCC=CCCO. The van der Waals surface area contributed by atoms with E-state index in [1.54, 1.807) is 0 Å². The predicted molar refractivity (Wildman–Crippen MR) is 91.0 cm³/mol. The first kappa shape index (κ1) is 19.2. The Bertz CT molecular complexity index is 250. The average molecular weight is 278 g/mol. The van der Waals surface area contributed by atoms with Gasteiger partial charge in [0.15, 0.2) is 0 Å². The normalized spacial score (nSPS) is 12.3. The molecule has 0 aromatic rings. The molecule has 0 atom stereocenters. The van der Waals surface area contributed by atoms with Crippen LogP contribution < -0.4 is 0 Å². The minimum atomic E-state index is 0.252. The molecule has 1 heteroatoms. The van der Waals surface area contributed by atoms with Crippen LogP contribution in [0.5, 0.6) is 0 Å². The Balaban J connectivity index is 3.21. The summed E-state index contributed by atoms with van der Waals surface area (Å²) in [5.41, 5.74) is 0. The van der Waals surface area contributed by atoms with E-state index in [0.717, 1.165) is 19.3 Å². The van der Waals surface area contributed by atoms with Gasteiger partial charge in [-0.3, -0.25) is 0 Å². The van der Waals surface area contributed by atoms with Crippen LogP contribution in [-0.4, -0.2) is 11.7 Å². The summed E-state index contributed by atoms with van der Waals surface area (Å²) in [6, 6.07) is 0. The Morgan fingerprint density at radius 2 is 1.10 bits per heavy atom. The van der Waals surface area contributed by atoms with Crippen molar-refractivity contribution in [2.45, 2.75) is 77.6 Å². The highest BCUT2D eigenvalue weighted by Crippen LogP contribution is 2.08. The van der Waals surface area contributed by atoms with Crippen molar-refractivity contribution in [1.29, 1.82) is 0 Å². The molecule has 0 fully saturated rings. The molecule has 0 aliphatic heterocycles. The molecule has 1 N–H and O–H groups in total. The van der Waals surface area contributed by atoms with Gasteiger partial charge >= 0.3 is 0 Å². The van der Waals surface area contributed by atoms with Gasteiger partial charge in [-0.05, 0) is 32.1 Å². The molecule has 0 radical (unpaired) electrons. The van der Waals surface area contributed by atoms with Crippen molar-refractivity contribution in [3.63, 3.8) is 0 Å². The number of hydrogen-bond acceptors (Lipinski definition) is 1. The topological polar surface area (TPSA) is 20.2 Å².